The van der Waals surface area contributed by atoms with Gasteiger partial charge in [0.25, 0.3) is 0 Å². The van der Waals surface area contributed by atoms with Crippen molar-refractivity contribution >= 4 is 11.5 Å². The van der Waals surface area contributed by atoms with Gasteiger partial charge >= 0.3 is 0 Å². The predicted molar refractivity (Wildman–Crippen MR) is 70.2 cm³/mol. The van der Waals surface area contributed by atoms with Crippen LogP contribution in [0.3, 0.4) is 0 Å². The molecule has 1 aliphatic heterocycles. The lowest BCUT2D eigenvalue weighted by Crippen LogP contribution is -2.49. The van der Waals surface area contributed by atoms with Gasteiger partial charge in [0.15, 0.2) is 0 Å². The minimum absolute atomic E-state index is 0.262. The fourth-order valence-corrected chi connectivity index (χ4v) is 2.18. The smallest absolute Gasteiger partial charge is 0.129 e. The molecule has 94 valence electrons. The molecule has 1 aliphatic rings. The Morgan fingerprint density at radius 1 is 1.53 bits per heavy atom. The Labute approximate surface area is 103 Å². The molecule has 2 rings (SSSR count). The minimum atomic E-state index is 0.262. The number of rotatable bonds is 2. The van der Waals surface area contributed by atoms with Crippen LogP contribution in [0.1, 0.15) is 26.0 Å². The Hall–Kier alpha value is -1.29. The second-order valence-electron chi connectivity index (χ2n) is 4.70. The molecule has 17 heavy (non-hydrogen) atoms. The molecule has 0 amide bonds. The molecule has 1 saturated heterocycles. The van der Waals surface area contributed by atoms with Crippen LogP contribution in [0.4, 0.5) is 11.5 Å². The molecule has 2 N–H and O–H groups in total. The average molecular weight is 235 g/mol. The number of ether oxygens (including phenoxy) is 1. The van der Waals surface area contributed by atoms with E-state index in [0.29, 0.717) is 6.04 Å². The van der Waals surface area contributed by atoms with E-state index in [2.05, 4.69) is 23.7 Å². The SMILES string of the molecule is CCC1COC(C)CN1c1ccc(N)c(C)n1. The van der Waals surface area contributed by atoms with E-state index in [1.807, 2.05) is 19.1 Å². The number of nitrogens with two attached hydrogens (primary N) is 1. The fourth-order valence-electron chi connectivity index (χ4n) is 2.18. The van der Waals surface area contributed by atoms with Crippen LogP contribution >= 0.6 is 0 Å². The summed E-state index contributed by atoms with van der Waals surface area (Å²) >= 11 is 0. The molecule has 2 heterocycles. The third kappa shape index (κ3) is 2.52. The number of hydrogen-bond donors (Lipinski definition) is 1. The van der Waals surface area contributed by atoms with Gasteiger partial charge in [0, 0.05) is 6.54 Å². The van der Waals surface area contributed by atoms with Gasteiger partial charge in [-0.3, -0.25) is 0 Å². The zero-order valence-corrected chi connectivity index (χ0v) is 10.8. The van der Waals surface area contributed by atoms with Gasteiger partial charge in [-0.25, -0.2) is 4.98 Å². The Morgan fingerprint density at radius 2 is 2.29 bits per heavy atom. The van der Waals surface area contributed by atoms with E-state index in [9.17, 15) is 0 Å². The van der Waals surface area contributed by atoms with E-state index in [1.54, 1.807) is 0 Å². The zero-order chi connectivity index (χ0) is 12.4. The highest BCUT2D eigenvalue weighted by Gasteiger charge is 2.26. The van der Waals surface area contributed by atoms with E-state index in [4.69, 9.17) is 10.5 Å². The van der Waals surface area contributed by atoms with Crippen LogP contribution < -0.4 is 10.6 Å². The summed E-state index contributed by atoms with van der Waals surface area (Å²) in [4.78, 5) is 6.91. The molecular formula is C13H21N3O. The van der Waals surface area contributed by atoms with Crippen molar-refractivity contribution in [2.75, 3.05) is 23.8 Å². The number of aryl methyl sites for hydroxylation is 1. The molecule has 1 aromatic heterocycles. The number of hydrogen-bond acceptors (Lipinski definition) is 4. The molecule has 1 aromatic rings. The van der Waals surface area contributed by atoms with Gasteiger partial charge in [-0.1, -0.05) is 6.92 Å². The highest BCUT2D eigenvalue weighted by molar-refractivity contribution is 5.51. The summed E-state index contributed by atoms with van der Waals surface area (Å²) in [7, 11) is 0. The highest BCUT2D eigenvalue weighted by atomic mass is 16.5. The van der Waals surface area contributed by atoms with Crippen LogP contribution in [-0.4, -0.2) is 30.3 Å². The van der Waals surface area contributed by atoms with Gasteiger partial charge in [-0.15, -0.1) is 0 Å². The topological polar surface area (TPSA) is 51.4 Å². The first-order chi connectivity index (χ1) is 8.11. The maximum Gasteiger partial charge on any atom is 0.129 e. The van der Waals surface area contributed by atoms with Crippen LogP contribution in [0, 0.1) is 6.92 Å². The van der Waals surface area contributed by atoms with Crippen molar-refractivity contribution < 1.29 is 4.74 Å². The molecule has 0 radical (unpaired) electrons. The standard InChI is InChI=1S/C13H21N3O/c1-4-11-8-17-9(2)7-16(11)13-6-5-12(14)10(3)15-13/h5-6,9,11H,4,7-8,14H2,1-3H3. The molecule has 0 aromatic carbocycles. The van der Waals surface area contributed by atoms with Crippen LogP contribution in [0.25, 0.3) is 0 Å². The summed E-state index contributed by atoms with van der Waals surface area (Å²) in [6.45, 7) is 7.91. The Kier molecular flexibility index (Phi) is 3.52. The maximum atomic E-state index is 5.81. The van der Waals surface area contributed by atoms with Crippen molar-refractivity contribution in [2.45, 2.75) is 39.3 Å². The fraction of sp³-hybridized carbons (Fsp3) is 0.615. The number of aromatic nitrogens is 1. The lowest BCUT2D eigenvalue weighted by molar-refractivity contribution is 0.0296. The second-order valence-corrected chi connectivity index (χ2v) is 4.70. The zero-order valence-electron chi connectivity index (χ0n) is 10.8. The van der Waals surface area contributed by atoms with Gasteiger partial charge in [-0.2, -0.15) is 0 Å². The Balaban J connectivity index is 2.25. The predicted octanol–water partition coefficient (Wildman–Crippen LogP) is 1.98. The summed E-state index contributed by atoms with van der Waals surface area (Å²) in [5.41, 5.74) is 7.46. The molecule has 0 bridgehead atoms. The van der Waals surface area contributed by atoms with Gasteiger partial charge in [0.1, 0.15) is 5.82 Å². The van der Waals surface area contributed by atoms with E-state index in [-0.39, 0.29) is 6.10 Å². The van der Waals surface area contributed by atoms with Gasteiger partial charge in [0.2, 0.25) is 0 Å². The number of nitrogens with zero attached hydrogens (tertiary/aromatic N) is 2. The quantitative estimate of drug-likeness (QED) is 0.851. The summed E-state index contributed by atoms with van der Waals surface area (Å²) in [5, 5.41) is 0. The van der Waals surface area contributed by atoms with Crippen LogP contribution in [0.15, 0.2) is 12.1 Å². The Bertz CT molecular complexity index is 394. The number of morpholine rings is 1. The summed E-state index contributed by atoms with van der Waals surface area (Å²) in [5.74, 6) is 1.01. The van der Waals surface area contributed by atoms with Crippen molar-refractivity contribution in [2.24, 2.45) is 0 Å². The lowest BCUT2D eigenvalue weighted by atomic mass is 10.1. The van der Waals surface area contributed by atoms with Crippen molar-refractivity contribution in [3.8, 4) is 0 Å². The number of anilines is 2. The highest BCUT2D eigenvalue weighted by Crippen LogP contribution is 2.23. The van der Waals surface area contributed by atoms with Crippen molar-refractivity contribution in [1.29, 1.82) is 0 Å². The molecule has 0 spiro atoms. The van der Waals surface area contributed by atoms with E-state index < -0.39 is 0 Å². The van der Waals surface area contributed by atoms with Crippen molar-refractivity contribution in [3.05, 3.63) is 17.8 Å². The molecule has 2 atom stereocenters. The maximum absolute atomic E-state index is 5.81. The summed E-state index contributed by atoms with van der Waals surface area (Å²) < 4.78 is 5.69. The largest absolute Gasteiger partial charge is 0.397 e. The Morgan fingerprint density at radius 3 is 2.94 bits per heavy atom. The number of nitrogen functional groups attached to an aromatic ring is 1. The summed E-state index contributed by atoms with van der Waals surface area (Å²) in [6.07, 6.45) is 1.33. The first-order valence-corrected chi connectivity index (χ1v) is 6.23. The molecule has 1 fully saturated rings. The van der Waals surface area contributed by atoms with Gasteiger partial charge < -0.3 is 15.4 Å². The summed E-state index contributed by atoms with van der Waals surface area (Å²) in [6, 6.07) is 4.36. The molecule has 4 nitrogen and oxygen atoms in total. The van der Waals surface area contributed by atoms with Crippen molar-refractivity contribution in [1.82, 2.24) is 4.98 Å². The first-order valence-electron chi connectivity index (χ1n) is 6.23. The van der Waals surface area contributed by atoms with E-state index in [1.165, 1.54) is 0 Å². The molecule has 0 saturated carbocycles. The van der Waals surface area contributed by atoms with Gasteiger partial charge in [0.05, 0.1) is 30.1 Å². The van der Waals surface area contributed by atoms with Crippen LogP contribution in [0.5, 0.6) is 0 Å². The number of pyridine rings is 1. The normalized spacial score (nSPS) is 25.0. The lowest BCUT2D eigenvalue weighted by Gasteiger charge is -2.39. The minimum Gasteiger partial charge on any atom is -0.397 e. The van der Waals surface area contributed by atoms with Gasteiger partial charge in [-0.05, 0) is 32.4 Å². The molecule has 0 aliphatic carbocycles. The third-order valence-electron chi connectivity index (χ3n) is 3.35. The van der Waals surface area contributed by atoms with Crippen LogP contribution in [0.2, 0.25) is 0 Å². The van der Waals surface area contributed by atoms with E-state index in [0.717, 1.165) is 36.8 Å². The average Bonchev–Trinajstić information content (AvgIpc) is 2.32. The first kappa shape index (κ1) is 12.2. The monoisotopic (exact) mass is 235 g/mol. The van der Waals surface area contributed by atoms with Crippen LogP contribution in [-0.2, 0) is 4.74 Å². The van der Waals surface area contributed by atoms with E-state index >= 15 is 0 Å². The molecular weight excluding hydrogens is 214 g/mol. The second kappa shape index (κ2) is 4.92. The molecule has 4 heteroatoms. The molecule has 2 unspecified atom stereocenters. The van der Waals surface area contributed by atoms with Crippen molar-refractivity contribution in [3.63, 3.8) is 0 Å². The third-order valence-corrected chi connectivity index (χ3v) is 3.35.